The van der Waals surface area contributed by atoms with Crippen LogP contribution in [-0.4, -0.2) is 62.2 Å². The highest BCUT2D eigenvalue weighted by Crippen LogP contribution is 2.39. The molecule has 2 fully saturated rings. The van der Waals surface area contributed by atoms with Crippen LogP contribution in [-0.2, 0) is 29.6 Å². The Labute approximate surface area is 212 Å². The molecule has 0 aromatic carbocycles. The number of esters is 1. The summed E-state index contributed by atoms with van der Waals surface area (Å²) in [6.45, 7) is 1.89. The van der Waals surface area contributed by atoms with E-state index in [-0.39, 0.29) is 25.5 Å². The molecule has 3 aromatic rings. The first-order valence-corrected chi connectivity index (χ1v) is 12.3. The molecule has 1 saturated heterocycles. The normalized spacial score (nSPS) is 19.2. The number of aromatic nitrogens is 6. The molecular formula is C24H29F2N7O4. The second kappa shape index (κ2) is 10.0. The van der Waals surface area contributed by atoms with Crippen LogP contribution in [0.1, 0.15) is 55.8 Å². The summed E-state index contributed by atoms with van der Waals surface area (Å²) in [5.41, 5.74) is 2.98. The van der Waals surface area contributed by atoms with Crippen LogP contribution in [0.15, 0.2) is 16.7 Å². The molecule has 5 rings (SSSR count). The molecule has 0 N–H and O–H groups in total. The molecule has 0 radical (unpaired) electrons. The Morgan fingerprint density at radius 2 is 2.08 bits per heavy atom. The number of carbonyl (C=O) groups is 1. The molecule has 4 heterocycles. The van der Waals surface area contributed by atoms with Crippen LogP contribution in [0, 0.1) is 5.92 Å². The van der Waals surface area contributed by atoms with Gasteiger partial charge in [0.25, 0.3) is 5.92 Å². The Morgan fingerprint density at radius 3 is 2.81 bits per heavy atom. The number of alkyl halides is 2. The Kier molecular flexibility index (Phi) is 6.78. The number of aryl methyl sites for hydroxylation is 2. The maximum absolute atomic E-state index is 14.6. The van der Waals surface area contributed by atoms with E-state index in [2.05, 4.69) is 20.5 Å². The fraction of sp³-hybridized carbons (Fsp3) is 0.583. The highest BCUT2D eigenvalue weighted by molar-refractivity contribution is 5.70. The SMILES string of the molecule is CCc1nc(-c2nnn(C)c2COc2noc(C3CC3)n2)ccc1N1CC(CC(=O)OC)CC(F)(F)C1. The largest absolute Gasteiger partial charge is 0.469 e. The lowest BCUT2D eigenvalue weighted by Gasteiger charge is -2.39. The van der Waals surface area contributed by atoms with Gasteiger partial charge in [-0.05, 0) is 42.5 Å². The average Bonchev–Trinajstić information content (AvgIpc) is 3.50. The third-order valence-electron chi connectivity index (χ3n) is 6.67. The smallest absolute Gasteiger partial charge is 0.354 e. The topological polar surface area (TPSA) is 121 Å². The summed E-state index contributed by atoms with van der Waals surface area (Å²) in [4.78, 5) is 22.4. The number of piperidine rings is 1. The minimum absolute atomic E-state index is 0.0545. The quantitative estimate of drug-likeness (QED) is 0.391. The van der Waals surface area contributed by atoms with Crippen molar-refractivity contribution in [2.75, 3.05) is 25.1 Å². The van der Waals surface area contributed by atoms with E-state index in [9.17, 15) is 13.6 Å². The van der Waals surface area contributed by atoms with Gasteiger partial charge < -0.3 is 18.9 Å². The standard InChI is InChI=1S/C24H29F2N7O4/c1-4-16-18(33-11-14(9-20(34)35-3)10-24(25,26)13-33)8-7-17(27-16)21-19(32(2)31-29-21)12-36-23-28-22(37-30-23)15-5-6-15/h7-8,14-15H,4-6,9-13H2,1-3H3. The van der Waals surface area contributed by atoms with E-state index in [0.29, 0.717) is 53.2 Å². The molecule has 1 unspecified atom stereocenters. The van der Waals surface area contributed by atoms with Gasteiger partial charge in [-0.15, -0.1) is 5.10 Å². The van der Waals surface area contributed by atoms with Crippen molar-refractivity contribution in [1.82, 2.24) is 30.1 Å². The number of methoxy groups -OCH3 is 1. The lowest BCUT2D eigenvalue weighted by Crippen LogP contribution is -2.48. The zero-order valence-corrected chi connectivity index (χ0v) is 21.0. The fourth-order valence-electron chi connectivity index (χ4n) is 4.67. The predicted molar refractivity (Wildman–Crippen MR) is 126 cm³/mol. The number of anilines is 1. The van der Waals surface area contributed by atoms with Gasteiger partial charge in [0.2, 0.25) is 5.89 Å². The maximum Gasteiger partial charge on any atom is 0.354 e. The highest BCUT2D eigenvalue weighted by Gasteiger charge is 2.41. The Hall–Kier alpha value is -3.64. The fourth-order valence-corrected chi connectivity index (χ4v) is 4.67. The van der Waals surface area contributed by atoms with E-state index in [1.165, 1.54) is 7.11 Å². The molecular weight excluding hydrogens is 488 g/mol. The van der Waals surface area contributed by atoms with E-state index in [1.807, 2.05) is 6.92 Å². The highest BCUT2D eigenvalue weighted by atomic mass is 19.3. The first kappa shape index (κ1) is 25.0. The molecule has 1 atom stereocenters. The summed E-state index contributed by atoms with van der Waals surface area (Å²) in [5, 5.41) is 12.2. The second-order valence-electron chi connectivity index (χ2n) is 9.59. The number of nitrogens with zero attached hydrogens (tertiary/aromatic N) is 7. The predicted octanol–water partition coefficient (Wildman–Crippen LogP) is 3.30. The van der Waals surface area contributed by atoms with Crippen molar-refractivity contribution < 1.29 is 27.6 Å². The van der Waals surface area contributed by atoms with Gasteiger partial charge in [-0.2, -0.15) is 4.98 Å². The van der Waals surface area contributed by atoms with Gasteiger partial charge in [-0.1, -0.05) is 12.1 Å². The van der Waals surface area contributed by atoms with Crippen molar-refractivity contribution in [3.8, 4) is 17.4 Å². The summed E-state index contributed by atoms with van der Waals surface area (Å²) in [6.07, 6.45) is 2.20. The van der Waals surface area contributed by atoms with Gasteiger partial charge in [0.1, 0.15) is 18.0 Å². The molecule has 3 aromatic heterocycles. The molecule has 1 aliphatic heterocycles. The summed E-state index contributed by atoms with van der Waals surface area (Å²) in [5.74, 6) is -3.03. The van der Waals surface area contributed by atoms with Gasteiger partial charge in [0.15, 0.2) is 0 Å². The Balaban J connectivity index is 1.36. The second-order valence-corrected chi connectivity index (χ2v) is 9.59. The van der Waals surface area contributed by atoms with Crippen molar-refractivity contribution in [2.45, 2.75) is 57.5 Å². The summed E-state index contributed by atoms with van der Waals surface area (Å²) in [6, 6.07) is 3.67. The Morgan fingerprint density at radius 1 is 1.27 bits per heavy atom. The number of rotatable bonds is 9. The van der Waals surface area contributed by atoms with E-state index < -0.39 is 24.4 Å². The maximum atomic E-state index is 14.6. The van der Waals surface area contributed by atoms with Crippen LogP contribution in [0.2, 0.25) is 0 Å². The molecule has 198 valence electrons. The molecule has 13 heteroatoms. The third-order valence-corrected chi connectivity index (χ3v) is 6.67. The summed E-state index contributed by atoms with van der Waals surface area (Å²) >= 11 is 0. The number of hydrogen-bond acceptors (Lipinski definition) is 10. The van der Waals surface area contributed by atoms with Crippen molar-refractivity contribution in [2.24, 2.45) is 13.0 Å². The van der Waals surface area contributed by atoms with Gasteiger partial charge >= 0.3 is 12.0 Å². The van der Waals surface area contributed by atoms with Crippen LogP contribution >= 0.6 is 0 Å². The minimum atomic E-state index is -2.93. The number of ether oxygens (including phenoxy) is 2. The third kappa shape index (κ3) is 5.54. The Bertz CT molecular complexity index is 1270. The first-order chi connectivity index (χ1) is 17.8. The van der Waals surface area contributed by atoms with Crippen molar-refractivity contribution >= 4 is 11.7 Å². The molecule has 0 amide bonds. The van der Waals surface area contributed by atoms with Crippen molar-refractivity contribution in [3.05, 3.63) is 29.4 Å². The van der Waals surface area contributed by atoms with Crippen LogP contribution in [0.25, 0.3) is 11.4 Å². The van der Waals surface area contributed by atoms with E-state index >= 15 is 0 Å². The van der Waals surface area contributed by atoms with Crippen molar-refractivity contribution in [3.63, 3.8) is 0 Å². The van der Waals surface area contributed by atoms with Gasteiger partial charge in [-0.3, -0.25) is 4.79 Å². The molecule has 1 saturated carbocycles. The number of pyridine rings is 1. The lowest BCUT2D eigenvalue weighted by molar-refractivity contribution is -0.142. The van der Waals surface area contributed by atoms with Gasteiger partial charge in [0.05, 0.1) is 37.2 Å². The molecule has 0 spiro atoms. The number of carbonyl (C=O) groups excluding carboxylic acids is 1. The first-order valence-electron chi connectivity index (χ1n) is 12.3. The monoisotopic (exact) mass is 517 g/mol. The van der Waals surface area contributed by atoms with E-state index in [4.69, 9.17) is 19.0 Å². The van der Waals surface area contributed by atoms with Crippen LogP contribution in [0.3, 0.4) is 0 Å². The summed E-state index contributed by atoms with van der Waals surface area (Å²) < 4.78 is 46.4. The lowest BCUT2D eigenvalue weighted by atomic mass is 9.91. The molecule has 2 aliphatic rings. The molecule has 1 aliphatic carbocycles. The van der Waals surface area contributed by atoms with Crippen LogP contribution in [0.5, 0.6) is 6.01 Å². The zero-order chi connectivity index (χ0) is 26.2. The number of halogens is 2. The van der Waals surface area contributed by atoms with Gasteiger partial charge in [0, 0.05) is 25.9 Å². The van der Waals surface area contributed by atoms with E-state index in [0.717, 1.165) is 12.8 Å². The van der Waals surface area contributed by atoms with Crippen LogP contribution in [0.4, 0.5) is 14.5 Å². The summed E-state index contributed by atoms with van der Waals surface area (Å²) in [7, 11) is 3.01. The molecule has 11 nitrogen and oxygen atoms in total. The van der Waals surface area contributed by atoms with Crippen molar-refractivity contribution in [1.29, 1.82) is 0 Å². The average molecular weight is 518 g/mol. The van der Waals surface area contributed by atoms with Gasteiger partial charge in [-0.25, -0.2) is 18.4 Å². The molecule has 0 bridgehead atoms. The zero-order valence-electron chi connectivity index (χ0n) is 21.0. The molecule has 37 heavy (non-hydrogen) atoms. The van der Waals surface area contributed by atoms with Crippen LogP contribution < -0.4 is 9.64 Å². The van der Waals surface area contributed by atoms with E-state index in [1.54, 1.807) is 28.8 Å². The number of hydrogen-bond donors (Lipinski definition) is 0. The minimum Gasteiger partial charge on any atom is -0.469 e.